The maximum absolute atomic E-state index is 14.3. The number of ketones is 2. The molecular formula is C38H37N3O13S3. The summed E-state index contributed by atoms with van der Waals surface area (Å²) in [7, 11) is -13.9. The van der Waals surface area contributed by atoms with Crippen molar-refractivity contribution in [1.82, 2.24) is 4.57 Å². The van der Waals surface area contributed by atoms with Crippen LogP contribution in [0.25, 0.3) is 22.0 Å². The van der Waals surface area contributed by atoms with Crippen LogP contribution in [0.4, 0.5) is 17.1 Å². The molecular weight excluding hydrogens is 803 g/mol. The number of pyridine rings is 1. The minimum absolute atomic E-state index is 0.00569. The number of aryl methyl sites for hydroxylation is 1. The first-order valence-electron chi connectivity index (χ1n) is 17.0. The largest absolute Gasteiger partial charge is 0.354 e. The standard InChI is InChI=1S/C34H27N3O13S3.C4H10/c1-16(2)33(40)36-23-14-22(25(52(45,46)47)15-26(23)53(48,49)50)35-21-11-12-24-29-27(19-9-4-5-10-20(19)32(39)28(21)29)30(34(41)37(24)3)31(38)17-7-6-8-18(13-17)51(42,43)44;1-4(2)3/h4-16,35H,1-3H3,(H,36,40)(H,42,43,44)(H,45,46,47)(H,48,49,50);4H,1-3H3. The van der Waals surface area contributed by atoms with Crippen molar-refractivity contribution in [2.24, 2.45) is 18.9 Å². The fourth-order valence-corrected chi connectivity index (χ4v) is 7.95. The molecule has 1 heterocycles. The van der Waals surface area contributed by atoms with E-state index in [-0.39, 0.29) is 44.4 Å². The Kier molecular flexibility index (Phi) is 11.5. The van der Waals surface area contributed by atoms with Crippen LogP contribution in [0.5, 0.6) is 0 Å². The molecule has 16 nitrogen and oxygen atoms in total. The van der Waals surface area contributed by atoms with Crippen LogP contribution in [0.15, 0.2) is 92.3 Å². The monoisotopic (exact) mass is 839 g/mol. The fraction of sp³-hybridized carbons (Fsp3) is 0.211. The van der Waals surface area contributed by atoms with Crippen LogP contribution >= 0.6 is 0 Å². The Morgan fingerprint density at radius 2 is 1.25 bits per heavy atom. The van der Waals surface area contributed by atoms with E-state index in [0.717, 1.165) is 28.7 Å². The summed E-state index contributed by atoms with van der Waals surface area (Å²) in [5.41, 5.74) is -2.79. The Labute approximate surface area is 327 Å². The molecule has 300 valence electrons. The highest BCUT2D eigenvalue weighted by atomic mass is 32.2. The van der Waals surface area contributed by atoms with Crippen molar-refractivity contribution in [2.75, 3.05) is 10.6 Å². The van der Waals surface area contributed by atoms with Crippen molar-refractivity contribution in [1.29, 1.82) is 0 Å². The molecule has 0 bridgehead atoms. The first-order chi connectivity index (χ1) is 26.3. The van der Waals surface area contributed by atoms with Crippen molar-refractivity contribution in [3.63, 3.8) is 0 Å². The molecule has 1 aromatic heterocycles. The molecule has 5 aromatic rings. The van der Waals surface area contributed by atoms with E-state index < -0.39 is 90.9 Å². The molecule has 0 spiro atoms. The van der Waals surface area contributed by atoms with E-state index >= 15 is 0 Å². The van der Waals surface area contributed by atoms with Crippen molar-refractivity contribution in [3.05, 3.63) is 105 Å². The lowest BCUT2D eigenvalue weighted by Gasteiger charge is -2.26. The molecule has 6 rings (SSSR count). The lowest BCUT2D eigenvalue weighted by atomic mass is 9.80. The van der Waals surface area contributed by atoms with Crippen LogP contribution in [0.3, 0.4) is 0 Å². The van der Waals surface area contributed by atoms with Gasteiger partial charge >= 0.3 is 0 Å². The number of fused-ring (bicyclic) bond motifs is 2. The summed E-state index contributed by atoms with van der Waals surface area (Å²) in [4.78, 5) is 52.3. The SMILES string of the molecule is CC(C)C.CC(C)C(=O)Nc1cc(Nc2ccc3c4c2C(=O)c2ccccc2-c4c(C(=O)c2cccc(S(=O)(=O)O)c2)c(=O)n3C)c(S(=O)(=O)O)cc1S(=O)(=O)O. The van der Waals surface area contributed by atoms with Crippen LogP contribution in [-0.2, 0) is 42.2 Å². The number of benzene rings is 4. The van der Waals surface area contributed by atoms with Crippen LogP contribution in [0, 0.1) is 11.8 Å². The number of nitrogens with zero attached hydrogens (tertiary/aromatic N) is 1. The quantitative estimate of drug-likeness (QED) is 0.0862. The molecule has 0 aliphatic heterocycles. The summed E-state index contributed by atoms with van der Waals surface area (Å²) in [5, 5.41) is 5.05. The highest BCUT2D eigenvalue weighted by Crippen LogP contribution is 2.45. The predicted molar refractivity (Wildman–Crippen MR) is 211 cm³/mol. The molecule has 0 saturated carbocycles. The Hall–Kier alpha value is -5.57. The minimum Gasteiger partial charge on any atom is -0.354 e. The Balaban J connectivity index is 0.00000148. The van der Waals surface area contributed by atoms with E-state index in [1.165, 1.54) is 63.4 Å². The van der Waals surface area contributed by atoms with Crippen molar-refractivity contribution in [3.8, 4) is 11.1 Å². The number of carbonyl (C=O) groups excluding carboxylic acids is 3. The van der Waals surface area contributed by atoms with Gasteiger partial charge in [-0.3, -0.25) is 32.8 Å². The van der Waals surface area contributed by atoms with Gasteiger partial charge in [-0.1, -0.05) is 71.0 Å². The zero-order chi connectivity index (χ0) is 42.5. The normalized spacial score (nSPS) is 12.6. The van der Waals surface area contributed by atoms with Gasteiger partial charge in [0, 0.05) is 35.0 Å². The van der Waals surface area contributed by atoms with E-state index in [1.54, 1.807) is 6.07 Å². The van der Waals surface area contributed by atoms with Crippen molar-refractivity contribution >= 4 is 75.8 Å². The van der Waals surface area contributed by atoms with E-state index in [2.05, 4.69) is 31.4 Å². The topological polar surface area (TPSA) is 260 Å². The van der Waals surface area contributed by atoms with Gasteiger partial charge in [0.1, 0.15) is 9.79 Å². The van der Waals surface area contributed by atoms with Gasteiger partial charge in [-0.05, 0) is 47.9 Å². The van der Waals surface area contributed by atoms with Gasteiger partial charge < -0.3 is 15.2 Å². The van der Waals surface area contributed by atoms with Crippen LogP contribution in [0.1, 0.15) is 66.5 Å². The average Bonchev–Trinajstić information content (AvgIpc) is 3.10. The van der Waals surface area contributed by atoms with Gasteiger partial charge in [0.2, 0.25) is 5.91 Å². The minimum atomic E-state index is -5.28. The molecule has 0 unspecified atom stereocenters. The molecule has 19 heteroatoms. The summed E-state index contributed by atoms with van der Waals surface area (Å²) in [6, 6.07) is 14.2. The number of aromatic nitrogens is 1. The zero-order valence-electron chi connectivity index (χ0n) is 31.2. The number of rotatable bonds is 9. The number of nitrogens with one attached hydrogen (secondary N) is 2. The summed E-state index contributed by atoms with van der Waals surface area (Å²) >= 11 is 0. The molecule has 1 aliphatic rings. The average molecular weight is 840 g/mol. The molecule has 0 fully saturated rings. The maximum atomic E-state index is 14.3. The molecule has 0 radical (unpaired) electrons. The van der Waals surface area contributed by atoms with Crippen LogP contribution in [-0.4, -0.2) is 61.0 Å². The van der Waals surface area contributed by atoms with E-state index in [4.69, 9.17) is 0 Å². The van der Waals surface area contributed by atoms with Crippen LogP contribution < -0.4 is 16.2 Å². The number of hydrogen-bond acceptors (Lipinski definition) is 11. The molecule has 5 N–H and O–H groups in total. The second-order valence-electron chi connectivity index (χ2n) is 14.0. The number of carbonyl (C=O) groups is 3. The Morgan fingerprint density at radius 3 is 1.81 bits per heavy atom. The maximum Gasteiger partial charge on any atom is 0.296 e. The second-order valence-corrected chi connectivity index (χ2v) is 18.2. The van der Waals surface area contributed by atoms with Gasteiger partial charge in [-0.15, -0.1) is 0 Å². The summed E-state index contributed by atoms with van der Waals surface area (Å²) in [6.45, 7) is 9.46. The third-order valence-electron chi connectivity index (χ3n) is 8.54. The second kappa shape index (κ2) is 15.4. The van der Waals surface area contributed by atoms with Gasteiger partial charge in [0.05, 0.1) is 38.6 Å². The summed E-state index contributed by atoms with van der Waals surface area (Å²) in [5.74, 6) is -2.22. The van der Waals surface area contributed by atoms with Gasteiger partial charge in [0.25, 0.3) is 35.9 Å². The van der Waals surface area contributed by atoms with E-state index in [0.29, 0.717) is 6.07 Å². The lowest BCUT2D eigenvalue weighted by molar-refractivity contribution is -0.118. The van der Waals surface area contributed by atoms with Gasteiger partial charge in [-0.2, -0.15) is 25.3 Å². The predicted octanol–water partition coefficient (Wildman–Crippen LogP) is 5.72. The highest BCUT2D eigenvalue weighted by Gasteiger charge is 2.35. The molecule has 0 atom stereocenters. The van der Waals surface area contributed by atoms with Crippen LogP contribution in [0.2, 0.25) is 0 Å². The number of hydrogen-bond donors (Lipinski definition) is 5. The smallest absolute Gasteiger partial charge is 0.296 e. The third kappa shape index (κ3) is 8.43. The fourth-order valence-electron chi connectivity index (χ4n) is 6.03. The molecule has 57 heavy (non-hydrogen) atoms. The van der Waals surface area contributed by atoms with Gasteiger partial charge in [-0.25, -0.2) is 0 Å². The number of amides is 1. The molecule has 4 aromatic carbocycles. The van der Waals surface area contributed by atoms with Crippen molar-refractivity contribution < 1.29 is 53.3 Å². The highest BCUT2D eigenvalue weighted by molar-refractivity contribution is 7.87. The Bertz CT molecular complexity index is 2930. The molecule has 0 saturated heterocycles. The first-order valence-corrected chi connectivity index (χ1v) is 21.3. The Morgan fingerprint density at radius 1 is 0.667 bits per heavy atom. The molecule has 1 amide bonds. The number of anilines is 3. The lowest BCUT2D eigenvalue weighted by Crippen LogP contribution is -2.29. The van der Waals surface area contributed by atoms with Crippen molar-refractivity contribution in [2.45, 2.75) is 49.3 Å². The third-order valence-corrected chi connectivity index (χ3v) is 11.2. The first kappa shape index (κ1) is 42.6. The van der Waals surface area contributed by atoms with E-state index in [9.17, 15) is 58.1 Å². The van der Waals surface area contributed by atoms with Gasteiger partial charge in [0.15, 0.2) is 11.6 Å². The van der Waals surface area contributed by atoms with E-state index in [1.807, 2.05) is 0 Å². The summed E-state index contributed by atoms with van der Waals surface area (Å²) < 4.78 is 104. The summed E-state index contributed by atoms with van der Waals surface area (Å²) in [6.07, 6.45) is 0. The molecule has 1 aliphatic carbocycles. The zero-order valence-corrected chi connectivity index (χ0v) is 33.6.